The van der Waals surface area contributed by atoms with E-state index >= 15 is 0 Å². The monoisotopic (exact) mass is 224 g/mol. The highest BCUT2D eigenvalue weighted by molar-refractivity contribution is 6.31. The van der Waals surface area contributed by atoms with E-state index in [-0.39, 0.29) is 16.6 Å². The van der Waals surface area contributed by atoms with E-state index in [2.05, 4.69) is 9.97 Å². The Morgan fingerprint density at radius 2 is 2.27 bits per heavy atom. The Balaban J connectivity index is 2.39. The molecule has 0 spiro atoms. The van der Waals surface area contributed by atoms with E-state index in [0.717, 1.165) is 6.07 Å². The van der Waals surface area contributed by atoms with Gasteiger partial charge in [-0.25, -0.2) is 9.37 Å². The maximum Gasteiger partial charge on any atom is 0.228 e. The first-order valence-corrected chi connectivity index (χ1v) is 4.55. The number of ketones is 1. The molecule has 1 aromatic heterocycles. The number of aromatic amines is 1. The third kappa shape index (κ3) is 1.89. The fraction of sp³-hybridized carbons (Fsp3) is 0. The van der Waals surface area contributed by atoms with Crippen molar-refractivity contribution < 1.29 is 9.18 Å². The van der Waals surface area contributed by atoms with Gasteiger partial charge in [0.2, 0.25) is 5.78 Å². The van der Waals surface area contributed by atoms with Crippen LogP contribution in [0.1, 0.15) is 16.2 Å². The summed E-state index contributed by atoms with van der Waals surface area (Å²) in [6.45, 7) is 0. The first-order valence-electron chi connectivity index (χ1n) is 4.17. The maximum atomic E-state index is 12.8. The summed E-state index contributed by atoms with van der Waals surface area (Å²) in [5.41, 5.74) is 0.302. The first-order chi connectivity index (χ1) is 7.18. The molecule has 5 heteroatoms. The van der Waals surface area contributed by atoms with Crippen LogP contribution < -0.4 is 0 Å². The highest BCUT2D eigenvalue weighted by Crippen LogP contribution is 2.17. The summed E-state index contributed by atoms with van der Waals surface area (Å²) in [7, 11) is 0. The van der Waals surface area contributed by atoms with Crippen LogP contribution in [0.5, 0.6) is 0 Å². The molecule has 0 bridgehead atoms. The van der Waals surface area contributed by atoms with Crippen LogP contribution in [0.3, 0.4) is 0 Å². The number of aromatic nitrogens is 2. The Kier molecular flexibility index (Phi) is 2.51. The SMILES string of the molecule is O=C(c1ccc(F)c(Cl)c1)c1ncc[nH]1. The zero-order chi connectivity index (χ0) is 10.8. The van der Waals surface area contributed by atoms with Crippen LogP contribution in [-0.4, -0.2) is 15.8 Å². The molecular formula is C10H6ClFN2O. The Morgan fingerprint density at radius 3 is 2.87 bits per heavy atom. The van der Waals surface area contributed by atoms with Gasteiger partial charge < -0.3 is 4.98 Å². The lowest BCUT2D eigenvalue weighted by Crippen LogP contribution is -2.03. The molecule has 0 amide bonds. The summed E-state index contributed by atoms with van der Waals surface area (Å²) < 4.78 is 12.8. The van der Waals surface area contributed by atoms with Crippen LogP contribution >= 0.6 is 11.6 Å². The fourth-order valence-corrected chi connectivity index (χ4v) is 1.34. The second-order valence-corrected chi connectivity index (χ2v) is 3.30. The van der Waals surface area contributed by atoms with Crippen molar-refractivity contribution in [2.24, 2.45) is 0 Å². The van der Waals surface area contributed by atoms with Crippen molar-refractivity contribution in [1.29, 1.82) is 0 Å². The third-order valence-corrected chi connectivity index (χ3v) is 2.18. The van der Waals surface area contributed by atoms with Gasteiger partial charge in [-0.15, -0.1) is 0 Å². The average Bonchev–Trinajstić information content (AvgIpc) is 2.74. The van der Waals surface area contributed by atoms with Gasteiger partial charge in [0.25, 0.3) is 0 Å². The smallest absolute Gasteiger partial charge is 0.228 e. The van der Waals surface area contributed by atoms with Gasteiger partial charge >= 0.3 is 0 Å². The number of rotatable bonds is 2. The molecule has 0 atom stereocenters. The fourth-order valence-electron chi connectivity index (χ4n) is 1.16. The summed E-state index contributed by atoms with van der Waals surface area (Å²) in [6.07, 6.45) is 3.01. The normalized spacial score (nSPS) is 10.3. The van der Waals surface area contributed by atoms with E-state index < -0.39 is 5.82 Å². The summed E-state index contributed by atoms with van der Waals surface area (Å²) in [5, 5.41) is -0.0765. The van der Waals surface area contributed by atoms with Crippen LogP contribution in [0.25, 0.3) is 0 Å². The number of carbonyl (C=O) groups is 1. The molecule has 1 heterocycles. The number of hydrogen-bond acceptors (Lipinski definition) is 2. The highest BCUT2D eigenvalue weighted by atomic mass is 35.5. The Hall–Kier alpha value is -1.68. The van der Waals surface area contributed by atoms with Gasteiger partial charge in [-0.3, -0.25) is 4.79 Å². The van der Waals surface area contributed by atoms with Crippen molar-refractivity contribution in [2.45, 2.75) is 0 Å². The van der Waals surface area contributed by atoms with Crippen LogP contribution in [-0.2, 0) is 0 Å². The third-order valence-electron chi connectivity index (χ3n) is 1.90. The van der Waals surface area contributed by atoms with Crippen molar-refractivity contribution in [2.75, 3.05) is 0 Å². The number of halogens is 2. The van der Waals surface area contributed by atoms with Gasteiger partial charge in [0.1, 0.15) is 5.82 Å². The summed E-state index contributed by atoms with van der Waals surface area (Å²) >= 11 is 5.56. The minimum absolute atomic E-state index is 0.0765. The van der Waals surface area contributed by atoms with E-state index in [4.69, 9.17) is 11.6 Å². The quantitative estimate of drug-likeness (QED) is 0.797. The predicted molar refractivity (Wildman–Crippen MR) is 53.4 cm³/mol. The molecule has 0 aliphatic heterocycles. The molecule has 1 N–H and O–H groups in total. The van der Waals surface area contributed by atoms with Crippen LogP contribution in [0.2, 0.25) is 5.02 Å². The Labute approximate surface area is 89.9 Å². The number of benzene rings is 1. The molecule has 0 saturated carbocycles. The molecule has 0 saturated heterocycles. The zero-order valence-electron chi connectivity index (χ0n) is 7.50. The van der Waals surface area contributed by atoms with Crippen LogP contribution in [0.15, 0.2) is 30.6 Å². The van der Waals surface area contributed by atoms with Crippen LogP contribution in [0.4, 0.5) is 4.39 Å². The number of carbonyl (C=O) groups excluding carboxylic acids is 1. The molecule has 0 aliphatic carbocycles. The van der Waals surface area contributed by atoms with Gasteiger partial charge in [0.05, 0.1) is 5.02 Å². The molecule has 3 nitrogen and oxygen atoms in total. The van der Waals surface area contributed by atoms with Crippen molar-refractivity contribution in [1.82, 2.24) is 9.97 Å². The van der Waals surface area contributed by atoms with Gasteiger partial charge in [0, 0.05) is 18.0 Å². The highest BCUT2D eigenvalue weighted by Gasteiger charge is 2.12. The lowest BCUT2D eigenvalue weighted by Gasteiger charge is -1.99. The second-order valence-electron chi connectivity index (χ2n) is 2.90. The maximum absolute atomic E-state index is 12.8. The van der Waals surface area contributed by atoms with E-state index in [0.29, 0.717) is 5.56 Å². The number of H-pyrrole nitrogens is 1. The van der Waals surface area contributed by atoms with Gasteiger partial charge in [-0.05, 0) is 18.2 Å². The summed E-state index contributed by atoms with van der Waals surface area (Å²) in [5.74, 6) is -0.660. The van der Waals surface area contributed by atoms with E-state index in [1.807, 2.05) is 0 Å². The van der Waals surface area contributed by atoms with Gasteiger partial charge in [-0.1, -0.05) is 11.6 Å². The molecule has 2 aromatic rings. The molecule has 15 heavy (non-hydrogen) atoms. The number of hydrogen-bond donors (Lipinski definition) is 1. The van der Waals surface area contributed by atoms with Crippen molar-refractivity contribution in [3.8, 4) is 0 Å². The van der Waals surface area contributed by atoms with Gasteiger partial charge in [-0.2, -0.15) is 0 Å². The number of nitrogens with zero attached hydrogens (tertiary/aromatic N) is 1. The van der Waals surface area contributed by atoms with E-state index in [1.165, 1.54) is 18.3 Å². The molecule has 1 aromatic carbocycles. The molecule has 0 radical (unpaired) electrons. The first kappa shape index (κ1) is 9.86. The molecular weight excluding hydrogens is 219 g/mol. The van der Waals surface area contributed by atoms with Crippen molar-refractivity contribution in [3.63, 3.8) is 0 Å². The minimum atomic E-state index is -0.548. The molecule has 0 fully saturated rings. The van der Waals surface area contributed by atoms with E-state index in [9.17, 15) is 9.18 Å². The topological polar surface area (TPSA) is 45.8 Å². The standard InChI is InChI=1S/C10H6ClFN2O/c11-7-5-6(1-2-8(7)12)9(15)10-13-3-4-14-10/h1-5H,(H,13,14). The Bertz CT molecular complexity index is 496. The minimum Gasteiger partial charge on any atom is -0.342 e. The average molecular weight is 225 g/mol. The lowest BCUT2D eigenvalue weighted by atomic mass is 10.1. The van der Waals surface area contributed by atoms with Gasteiger partial charge in [0.15, 0.2) is 5.82 Å². The number of imidazole rings is 1. The largest absolute Gasteiger partial charge is 0.342 e. The Morgan fingerprint density at radius 1 is 1.47 bits per heavy atom. The predicted octanol–water partition coefficient (Wildman–Crippen LogP) is 2.43. The van der Waals surface area contributed by atoms with Crippen molar-refractivity contribution in [3.05, 3.63) is 52.8 Å². The second kappa shape index (κ2) is 3.82. The summed E-state index contributed by atoms with van der Waals surface area (Å²) in [4.78, 5) is 18.2. The van der Waals surface area contributed by atoms with Crippen molar-refractivity contribution >= 4 is 17.4 Å². The summed E-state index contributed by atoms with van der Waals surface area (Å²) in [6, 6.07) is 3.80. The lowest BCUT2D eigenvalue weighted by molar-refractivity contribution is 0.103. The molecule has 0 aliphatic rings. The van der Waals surface area contributed by atoms with E-state index in [1.54, 1.807) is 6.20 Å². The molecule has 76 valence electrons. The molecule has 0 unspecified atom stereocenters. The zero-order valence-corrected chi connectivity index (χ0v) is 8.25. The number of nitrogens with one attached hydrogen (secondary N) is 1. The van der Waals surface area contributed by atoms with Crippen LogP contribution in [0, 0.1) is 5.82 Å². The molecule has 2 rings (SSSR count).